The zero-order valence-electron chi connectivity index (χ0n) is 22.4. The van der Waals surface area contributed by atoms with E-state index in [2.05, 4.69) is 15.2 Å². The third-order valence-corrected chi connectivity index (χ3v) is 9.12. The summed E-state index contributed by atoms with van der Waals surface area (Å²) in [6.45, 7) is 10.6. The Hall–Kier alpha value is -2.20. The number of likely N-dealkylation sites (tertiary alicyclic amines) is 1. The Balaban J connectivity index is 1.27. The first kappa shape index (κ1) is 27.4. The van der Waals surface area contributed by atoms with Gasteiger partial charge in [-0.2, -0.15) is 0 Å². The van der Waals surface area contributed by atoms with Crippen molar-refractivity contribution in [3.63, 3.8) is 0 Å². The number of rotatable bonds is 7. The van der Waals surface area contributed by atoms with Crippen molar-refractivity contribution in [3.8, 4) is 11.5 Å². The zero-order valence-corrected chi connectivity index (χ0v) is 24.0. The number of H-pyrrole nitrogens is 1. The summed E-state index contributed by atoms with van der Waals surface area (Å²) in [7, 11) is 0. The predicted molar refractivity (Wildman–Crippen MR) is 149 cm³/mol. The summed E-state index contributed by atoms with van der Waals surface area (Å²) in [4.78, 5) is 31.9. The fourth-order valence-electron chi connectivity index (χ4n) is 5.78. The Kier molecular flexibility index (Phi) is 8.01. The summed E-state index contributed by atoms with van der Waals surface area (Å²) in [6, 6.07) is 3.53. The molecule has 10 heteroatoms. The number of carbonyl (C=O) groups excluding carboxylic acids is 1. The lowest BCUT2D eigenvalue weighted by atomic mass is 9.88. The van der Waals surface area contributed by atoms with Gasteiger partial charge in [0, 0.05) is 59.8 Å². The van der Waals surface area contributed by atoms with Crippen LogP contribution in [0.2, 0.25) is 5.02 Å². The summed E-state index contributed by atoms with van der Waals surface area (Å²) >= 11 is 8.10. The number of nitrogens with one attached hydrogen (secondary N) is 2. The van der Waals surface area contributed by atoms with E-state index in [1.807, 2.05) is 33.1 Å². The molecule has 0 aliphatic carbocycles. The molecule has 0 unspecified atom stereocenters. The molecule has 2 aromatic rings. The first-order valence-corrected chi connectivity index (χ1v) is 14.8. The number of hydrogen-bond acceptors (Lipinski definition) is 7. The van der Waals surface area contributed by atoms with Crippen LogP contribution in [-0.2, 0) is 11.3 Å². The Morgan fingerprint density at radius 2 is 1.95 bits per heavy atom. The van der Waals surface area contributed by atoms with Crippen LogP contribution in [-0.4, -0.2) is 60.7 Å². The van der Waals surface area contributed by atoms with Crippen LogP contribution >= 0.6 is 23.4 Å². The summed E-state index contributed by atoms with van der Waals surface area (Å²) in [5, 5.41) is 3.23. The number of aryl methyl sites for hydroxylation is 1. The molecule has 2 saturated heterocycles. The number of carbonyl (C=O) groups is 1. The van der Waals surface area contributed by atoms with Gasteiger partial charge in [0.1, 0.15) is 0 Å². The first-order chi connectivity index (χ1) is 18.2. The SMILES string of the molecule is CSc1cc(C)[nH]c(=O)c1CNC(=O)c1cc(Cl)c2c(c1C)O[C@](C)(C1CCN(C[C@H]3CCOC3)CC1)O2. The van der Waals surface area contributed by atoms with E-state index in [1.54, 1.807) is 6.07 Å². The van der Waals surface area contributed by atoms with Gasteiger partial charge in [-0.25, -0.2) is 0 Å². The van der Waals surface area contributed by atoms with Crippen LogP contribution in [0.3, 0.4) is 0 Å². The van der Waals surface area contributed by atoms with Crippen molar-refractivity contribution in [2.45, 2.75) is 57.3 Å². The molecule has 1 aromatic heterocycles. The number of halogens is 1. The third kappa shape index (κ3) is 5.43. The van der Waals surface area contributed by atoms with Crippen LogP contribution in [0.5, 0.6) is 11.5 Å². The Bertz CT molecular complexity index is 1270. The molecule has 0 radical (unpaired) electrons. The second kappa shape index (κ2) is 11.1. The van der Waals surface area contributed by atoms with E-state index in [1.165, 1.54) is 11.8 Å². The molecule has 206 valence electrons. The number of amides is 1. The number of piperidine rings is 1. The van der Waals surface area contributed by atoms with Crippen molar-refractivity contribution in [2.75, 3.05) is 39.1 Å². The van der Waals surface area contributed by atoms with Crippen molar-refractivity contribution in [2.24, 2.45) is 11.8 Å². The van der Waals surface area contributed by atoms with Crippen LogP contribution < -0.4 is 20.3 Å². The average Bonchev–Trinajstić information content (AvgIpc) is 3.54. The molecule has 1 aromatic carbocycles. The van der Waals surface area contributed by atoms with Crippen LogP contribution in [0.15, 0.2) is 21.8 Å². The average molecular weight is 562 g/mol. The highest BCUT2D eigenvalue weighted by Crippen LogP contribution is 2.51. The van der Waals surface area contributed by atoms with Crippen LogP contribution in [0.1, 0.15) is 53.4 Å². The molecule has 2 fully saturated rings. The number of benzene rings is 1. The minimum Gasteiger partial charge on any atom is -0.448 e. The molecule has 38 heavy (non-hydrogen) atoms. The van der Waals surface area contributed by atoms with E-state index in [0.717, 1.165) is 62.7 Å². The Morgan fingerprint density at radius 1 is 1.21 bits per heavy atom. The van der Waals surface area contributed by atoms with Gasteiger partial charge in [-0.3, -0.25) is 9.59 Å². The molecule has 0 bridgehead atoms. The smallest absolute Gasteiger partial charge is 0.254 e. The highest BCUT2D eigenvalue weighted by Gasteiger charge is 2.47. The molecule has 8 nitrogen and oxygen atoms in total. The quantitative estimate of drug-likeness (QED) is 0.480. The first-order valence-electron chi connectivity index (χ1n) is 13.2. The summed E-state index contributed by atoms with van der Waals surface area (Å²) in [6.07, 6.45) is 4.98. The summed E-state index contributed by atoms with van der Waals surface area (Å²) in [5.74, 6) is 0.698. The molecule has 0 saturated carbocycles. The molecule has 1 amide bonds. The lowest BCUT2D eigenvalue weighted by molar-refractivity contribution is -0.125. The molecule has 0 spiro atoms. The van der Waals surface area contributed by atoms with E-state index in [9.17, 15) is 9.59 Å². The highest BCUT2D eigenvalue weighted by atomic mass is 35.5. The fraction of sp³-hybridized carbons (Fsp3) is 0.571. The van der Waals surface area contributed by atoms with Gasteiger partial charge in [0.15, 0.2) is 11.5 Å². The van der Waals surface area contributed by atoms with Crippen molar-refractivity contribution < 1.29 is 19.0 Å². The third-order valence-electron chi connectivity index (χ3n) is 8.04. The van der Waals surface area contributed by atoms with Gasteiger partial charge in [0.25, 0.3) is 17.3 Å². The molecule has 2 N–H and O–H groups in total. The Labute approximate surface area is 232 Å². The second-order valence-corrected chi connectivity index (χ2v) is 12.0. The lowest BCUT2D eigenvalue weighted by Crippen LogP contribution is -2.49. The van der Waals surface area contributed by atoms with E-state index >= 15 is 0 Å². The highest BCUT2D eigenvalue weighted by molar-refractivity contribution is 7.98. The largest absolute Gasteiger partial charge is 0.448 e. The van der Waals surface area contributed by atoms with Crippen LogP contribution in [0.25, 0.3) is 0 Å². The van der Waals surface area contributed by atoms with E-state index in [4.69, 9.17) is 25.8 Å². The number of pyridine rings is 1. The monoisotopic (exact) mass is 561 g/mol. The minimum absolute atomic E-state index is 0.111. The maximum absolute atomic E-state index is 13.2. The van der Waals surface area contributed by atoms with E-state index in [-0.39, 0.29) is 23.9 Å². The predicted octanol–water partition coefficient (Wildman–Crippen LogP) is 4.53. The maximum Gasteiger partial charge on any atom is 0.254 e. The summed E-state index contributed by atoms with van der Waals surface area (Å²) in [5.41, 5.74) is 2.19. The maximum atomic E-state index is 13.2. The standard InChI is InChI=1S/C28H36ClN3O5S/c1-16-11-23(38-4)21(27(34)31-16)13-30-26(33)20-12-22(29)25-24(17(20)2)36-28(3,37-25)19-5-8-32(9-6-19)14-18-7-10-35-15-18/h11-12,18-19H,5-10,13-15H2,1-4H3,(H,30,33)(H,31,34)/t18-,28+/m1/s1. The number of aromatic amines is 1. The molecule has 3 aliphatic heterocycles. The molecule has 3 aliphatic rings. The molecular weight excluding hydrogens is 526 g/mol. The van der Waals surface area contributed by atoms with Crippen molar-refractivity contribution >= 4 is 29.3 Å². The summed E-state index contributed by atoms with van der Waals surface area (Å²) < 4.78 is 18.4. The van der Waals surface area contributed by atoms with Crippen LogP contribution in [0, 0.1) is 25.7 Å². The van der Waals surface area contributed by atoms with Gasteiger partial charge in [0.2, 0.25) is 0 Å². The fourth-order valence-corrected chi connectivity index (χ4v) is 6.72. The molecule has 2 atom stereocenters. The Morgan fingerprint density at radius 3 is 2.63 bits per heavy atom. The number of thioether (sulfide) groups is 1. The molecular formula is C28H36ClN3O5S. The van der Waals surface area contributed by atoms with Crippen molar-refractivity contribution in [1.29, 1.82) is 0 Å². The van der Waals surface area contributed by atoms with E-state index < -0.39 is 5.79 Å². The molecule has 5 rings (SSSR count). The van der Waals surface area contributed by atoms with Crippen LogP contribution in [0.4, 0.5) is 0 Å². The lowest BCUT2D eigenvalue weighted by Gasteiger charge is -2.39. The number of ether oxygens (including phenoxy) is 3. The topological polar surface area (TPSA) is 92.9 Å². The van der Waals surface area contributed by atoms with Gasteiger partial charge in [-0.05, 0) is 70.5 Å². The second-order valence-electron chi connectivity index (χ2n) is 10.7. The van der Waals surface area contributed by atoms with Gasteiger partial charge in [0.05, 0.1) is 11.6 Å². The minimum atomic E-state index is -0.836. The van der Waals surface area contributed by atoms with Gasteiger partial charge in [-0.1, -0.05) is 11.6 Å². The van der Waals surface area contributed by atoms with Crippen molar-refractivity contribution in [1.82, 2.24) is 15.2 Å². The van der Waals surface area contributed by atoms with Crippen molar-refractivity contribution in [3.05, 3.63) is 49.9 Å². The normalized spacial score (nSPS) is 23.7. The van der Waals surface area contributed by atoms with Gasteiger partial charge >= 0.3 is 0 Å². The molecule has 4 heterocycles. The van der Waals surface area contributed by atoms with Gasteiger partial charge < -0.3 is 29.4 Å². The van der Waals surface area contributed by atoms with Gasteiger partial charge in [-0.15, -0.1) is 11.8 Å². The number of fused-ring (bicyclic) bond motifs is 1. The number of nitrogens with zero attached hydrogens (tertiary/aromatic N) is 1. The number of aromatic nitrogens is 1. The number of hydrogen-bond donors (Lipinski definition) is 2. The van der Waals surface area contributed by atoms with E-state index in [0.29, 0.717) is 39.1 Å². The zero-order chi connectivity index (χ0) is 27.0.